The Labute approximate surface area is 204 Å². The third-order valence-corrected chi connectivity index (χ3v) is 6.18. The summed E-state index contributed by atoms with van der Waals surface area (Å²) in [6, 6.07) is 11.8. The minimum absolute atomic E-state index is 0.0464. The van der Waals surface area contributed by atoms with Crippen LogP contribution in [0.1, 0.15) is 12.0 Å². The van der Waals surface area contributed by atoms with Crippen molar-refractivity contribution < 1.29 is 18.4 Å². The number of halogens is 2. The SMILES string of the molecule is O=C(NCCn1ncc2c(=O)n(Cc3ccccc3F)cnc21)C1CC(=O)N(c2ccc(F)cc2)C1. The van der Waals surface area contributed by atoms with E-state index in [-0.39, 0.29) is 55.4 Å². The van der Waals surface area contributed by atoms with E-state index in [2.05, 4.69) is 15.4 Å². The third kappa shape index (κ3) is 4.59. The molecule has 0 saturated carbocycles. The summed E-state index contributed by atoms with van der Waals surface area (Å²) < 4.78 is 30.0. The lowest BCUT2D eigenvalue weighted by Crippen LogP contribution is -2.35. The molecular weight excluding hydrogens is 470 g/mol. The Morgan fingerprint density at radius 1 is 1.08 bits per heavy atom. The zero-order valence-electron chi connectivity index (χ0n) is 19.1. The van der Waals surface area contributed by atoms with Gasteiger partial charge in [0.15, 0.2) is 5.65 Å². The molecule has 1 atom stereocenters. The maximum atomic E-state index is 14.0. The van der Waals surface area contributed by atoms with Gasteiger partial charge in [0, 0.05) is 30.8 Å². The summed E-state index contributed by atoms with van der Waals surface area (Å²) in [7, 11) is 0. The lowest BCUT2D eigenvalue weighted by Gasteiger charge is -2.16. The summed E-state index contributed by atoms with van der Waals surface area (Å²) in [4.78, 5) is 43.6. The summed E-state index contributed by atoms with van der Waals surface area (Å²) in [6.45, 7) is 0.743. The first-order valence-electron chi connectivity index (χ1n) is 11.4. The van der Waals surface area contributed by atoms with E-state index < -0.39 is 17.6 Å². The normalized spacial score (nSPS) is 15.6. The molecule has 0 radical (unpaired) electrons. The summed E-state index contributed by atoms with van der Waals surface area (Å²) in [5, 5.41) is 7.30. The topological polar surface area (TPSA) is 102 Å². The van der Waals surface area contributed by atoms with Crippen molar-refractivity contribution in [1.82, 2.24) is 24.6 Å². The minimum Gasteiger partial charge on any atom is -0.354 e. The van der Waals surface area contributed by atoms with Crippen molar-refractivity contribution in [3.63, 3.8) is 0 Å². The highest BCUT2D eigenvalue weighted by molar-refractivity contribution is 6.00. The van der Waals surface area contributed by atoms with Gasteiger partial charge in [0.05, 0.1) is 25.2 Å². The summed E-state index contributed by atoms with van der Waals surface area (Å²) in [6.07, 6.45) is 2.82. The van der Waals surface area contributed by atoms with E-state index in [0.717, 1.165) is 0 Å². The van der Waals surface area contributed by atoms with Crippen molar-refractivity contribution in [3.8, 4) is 0 Å². The van der Waals surface area contributed by atoms with Gasteiger partial charge in [0.1, 0.15) is 23.3 Å². The smallest absolute Gasteiger partial charge is 0.264 e. The summed E-state index contributed by atoms with van der Waals surface area (Å²) >= 11 is 0. The quantitative estimate of drug-likeness (QED) is 0.426. The van der Waals surface area contributed by atoms with Crippen LogP contribution < -0.4 is 15.8 Å². The number of hydrogen-bond donors (Lipinski definition) is 1. The van der Waals surface area contributed by atoms with Crippen molar-refractivity contribution in [2.45, 2.75) is 19.5 Å². The van der Waals surface area contributed by atoms with Crippen LogP contribution in [0.25, 0.3) is 11.0 Å². The average Bonchev–Trinajstić information content (AvgIpc) is 3.47. The molecule has 36 heavy (non-hydrogen) atoms. The van der Waals surface area contributed by atoms with E-state index in [9.17, 15) is 23.2 Å². The molecule has 1 aliphatic heterocycles. The zero-order valence-corrected chi connectivity index (χ0v) is 19.1. The zero-order chi connectivity index (χ0) is 25.2. The van der Waals surface area contributed by atoms with Crippen molar-refractivity contribution in [2.75, 3.05) is 18.0 Å². The van der Waals surface area contributed by atoms with Crippen molar-refractivity contribution in [2.24, 2.45) is 5.92 Å². The Morgan fingerprint density at radius 3 is 2.64 bits per heavy atom. The van der Waals surface area contributed by atoms with Gasteiger partial charge in [-0.1, -0.05) is 18.2 Å². The van der Waals surface area contributed by atoms with Crippen molar-refractivity contribution in [1.29, 1.82) is 0 Å². The Balaban J connectivity index is 1.20. The number of hydrogen-bond acceptors (Lipinski definition) is 5. The molecule has 2 aromatic heterocycles. The molecule has 2 aromatic carbocycles. The van der Waals surface area contributed by atoms with Crippen LogP contribution in [0.3, 0.4) is 0 Å². The van der Waals surface area contributed by atoms with Crippen LogP contribution in [0.15, 0.2) is 65.8 Å². The number of carbonyl (C=O) groups is 2. The Morgan fingerprint density at radius 2 is 1.86 bits per heavy atom. The highest BCUT2D eigenvalue weighted by Crippen LogP contribution is 2.25. The van der Waals surface area contributed by atoms with Crippen LogP contribution >= 0.6 is 0 Å². The predicted molar refractivity (Wildman–Crippen MR) is 127 cm³/mol. The van der Waals surface area contributed by atoms with Crippen LogP contribution in [0.2, 0.25) is 0 Å². The summed E-state index contributed by atoms with van der Waals surface area (Å²) in [5.41, 5.74) is 0.937. The van der Waals surface area contributed by atoms with Crippen molar-refractivity contribution >= 4 is 28.5 Å². The molecule has 1 saturated heterocycles. The van der Waals surface area contributed by atoms with E-state index in [1.165, 1.54) is 57.0 Å². The van der Waals surface area contributed by atoms with Crippen LogP contribution in [0.5, 0.6) is 0 Å². The van der Waals surface area contributed by atoms with E-state index in [1.807, 2.05) is 0 Å². The molecule has 0 bridgehead atoms. The first-order valence-corrected chi connectivity index (χ1v) is 11.4. The predicted octanol–water partition coefficient (Wildman–Crippen LogP) is 2.09. The third-order valence-electron chi connectivity index (χ3n) is 6.18. The van der Waals surface area contributed by atoms with Gasteiger partial charge < -0.3 is 10.2 Å². The van der Waals surface area contributed by atoms with Gasteiger partial charge in [-0.05, 0) is 30.3 Å². The number of benzene rings is 2. The van der Waals surface area contributed by atoms with E-state index in [0.29, 0.717) is 16.9 Å². The lowest BCUT2D eigenvalue weighted by atomic mass is 10.1. The van der Waals surface area contributed by atoms with Gasteiger partial charge in [0.25, 0.3) is 5.56 Å². The monoisotopic (exact) mass is 492 g/mol. The minimum atomic E-state index is -0.527. The van der Waals surface area contributed by atoms with Crippen LogP contribution in [-0.4, -0.2) is 44.2 Å². The molecule has 184 valence electrons. The number of carbonyl (C=O) groups excluding carboxylic acids is 2. The molecule has 1 fully saturated rings. The van der Waals surface area contributed by atoms with Crippen molar-refractivity contribution in [3.05, 3.63) is 88.6 Å². The molecule has 1 aliphatic rings. The van der Waals surface area contributed by atoms with Gasteiger partial charge in [-0.15, -0.1) is 0 Å². The first kappa shape index (κ1) is 23.3. The number of amides is 2. The number of nitrogens with zero attached hydrogens (tertiary/aromatic N) is 5. The number of aromatic nitrogens is 4. The second kappa shape index (κ2) is 9.68. The number of rotatable bonds is 7. The average molecular weight is 492 g/mol. The fourth-order valence-electron chi connectivity index (χ4n) is 4.27. The molecule has 9 nitrogen and oxygen atoms in total. The van der Waals surface area contributed by atoms with Gasteiger partial charge in [0.2, 0.25) is 11.8 Å². The Hall–Kier alpha value is -4.41. The highest BCUT2D eigenvalue weighted by Gasteiger charge is 2.35. The molecule has 4 aromatic rings. The fourth-order valence-corrected chi connectivity index (χ4v) is 4.27. The fraction of sp³-hybridized carbons (Fsp3) is 0.240. The highest BCUT2D eigenvalue weighted by atomic mass is 19.1. The van der Waals surface area contributed by atoms with Crippen LogP contribution in [0, 0.1) is 17.6 Å². The molecule has 1 unspecified atom stereocenters. The number of fused-ring (bicyclic) bond motifs is 1. The molecule has 11 heteroatoms. The van der Waals surface area contributed by atoms with Gasteiger partial charge >= 0.3 is 0 Å². The van der Waals surface area contributed by atoms with E-state index in [1.54, 1.807) is 18.2 Å². The maximum Gasteiger partial charge on any atom is 0.264 e. The summed E-state index contributed by atoms with van der Waals surface area (Å²) in [5.74, 6) is -1.80. The first-order chi connectivity index (χ1) is 17.4. The Bertz CT molecular complexity index is 1500. The molecular formula is C25H22F2N6O3. The Kier molecular flexibility index (Phi) is 6.28. The van der Waals surface area contributed by atoms with Crippen LogP contribution in [0.4, 0.5) is 14.5 Å². The second-order valence-electron chi connectivity index (χ2n) is 8.55. The molecule has 2 amide bonds. The van der Waals surface area contributed by atoms with E-state index >= 15 is 0 Å². The van der Waals surface area contributed by atoms with Gasteiger partial charge in [-0.25, -0.2) is 18.4 Å². The number of nitrogens with one attached hydrogen (secondary N) is 1. The van der Waals surface area contributed by atoms with Crippen LogP contribution in [-0.2, 0) is 22.7 Å². The molecule has 5 rings (SSSR count). The van der Waals surface area contributed by atoms with Gasteiger partial charge in [-0.3, -0.25) is 19.0 Å². The molecule has 0 spiro atoms. The maximum absolute atomic E-state index is 14.0. The second-order valence-corrected chi connectivity index (χ2v) is 8.55. The van der Waals surface area contributed by atoms with E-state index in [4.69, 9.17) is 0 Å². The molecule has 1 N–H and O–H groups in total. The lowest BCUT2D eigenvalue weighted by molar-refractivity contribution is -0.126. The van der Waals surface area contributed by atoms with Gasteiger partial charge in [-0.2, -0.15) is 5.10 Å². The molecule has 0 aliphatic carbocycles. The molecule has 3 heterocycles. The number of anilines is 1. The largest absolute Gasteiger partial charge is 0.354 e. The standard InChI is InChI=1S/C25H22F2N6O3/c26-18-5-7-19(8-6-18)32-14-17(11-22(32)34)24(35)28-9-10-33-23-20(12-30-33)25(36)31(15-29-23)13-16-3-1-2-4-21(16)27/h1-8,12,15,17H,9-11,13-14H2,(H,28,35).